The van der Waals surface area contributed by atoms with Crippen molar-refractivity contribution in [1.82, 2.24) is 14.6 Å². The van der Waals surface area contributed by atoms with Crippen molar-refractivity contribution in [2.24, 2.45) is 0 Å². The number of anilines is 1. The van der Waals surface area contributed by atoms with Crippen LogP contribution in [0.2, 0.25) is 0 Å². The van der Waals surface area contributed by atoms with E-state index >= 15 is 0 Å². The van der Waals surface area contributed by atoms with E-state index in [1.54, 1.807) is 23.0 Å². The van der Waals surface area contributed by atoms with Gasteiger partial charge >= 0.3 is 0 Å². The van der Waals surface area contributed by atoms with Crippen molar-refractivity contribution in [2.75, 3.05) is 5.32 Å². The average Bonchev–Trinajstić information content (AvgIpc) is 3.12. The molecule has 5 nitrogen and oxygen atoms in total. The Morgan fingerprint density at radius 3 is 2.73 bits per heavy atom. The van der Waals surface area contributed by atoms with Crippen LogP contribution in [-0.4, -0.2) is 14.6 Å². The van der Waals surface area contributed by atoms with Gasteiger partial charge in [-0.05, 0) is 36.8 Å². The molecule has 0 fully saturated rings. The smallest absolute Gasteiger partial charge is 0.127 e. The van der Waals surface area contributed by atoms with Crippen molar-refractivity contribution in [2.45, 2.75) is 13.0 Å². The molecule has 1 atom stereocenters. The minimum atomic E-state index is 0.146. The summed E-state index contributed by atoms with van der Waals surface area (Å²) in [7, 11) is 0. The van der Waals surface area contributed by atoms with Crippen molar-refractivity contribution in [3.8, 4) is 17.3 Å². The molecule has 0 unspecified atom stereocenters. The highest BCUT2D eigenvalue weighted by Crippen LogP contribution is 2.25. The Morgan fingerprint density at radius 1 is 1.08 bits per heavy atom. The van der Waals surface area contributed by atoms with Crippen molar-refractivity contribution in [3.05, 3.63) is 84.2 Å². The van der Waals surface area contributed by atoms with E-state index in [0.29, 0.717) is 5.56 Å². The second-order valence-corrected chi connectivity index (χ2v) is 6.10. The number of nitriles is 1. The number of rotatable bonds is 4. The van der Waals surface area contributed by atoms with Gasteiger partial charge in [-0.25, -0.2) is 9.50 Å². The maximum Gasteiger partial charge on any atom is 0.127 e. The van der Waals surface area contributed by atoms with Gasteiger partial charge in [0, 0.05) is 17.8 Å². The van der Waals surface area contributed by atoms with Gasteiger partial charge in [0.1, 0.15) is 5.82 Å². The molecule has 0 amide bonds. The molecule has 126 valence electrons. The van der Waals surface area contributed by atoms with E-state index in [-0.39, 0.29) is 6.04 Å². The van der Waals surface area contributed by atoms with Crippen molar-refractivity contribution >= 4 is 11.3 Å². The first-order chi connectivity index (χ1) is 12.7. The minimum absolute atomic E-state index is 0.146. The zero-order chi connectivity index (χ0) is 17.9. The quantitative estimate of drug-likeness (QED) is 0.597. The Kier molecular flexibility index (Phi) is 4.08. The lowest BCUT2D eigenvalue weighted by Crippen LogP contribution is -2.07. The number of hydrogen-bond acceptors (Lipinski definition) is 4. The maximum atomic E-state index is 9.14. The van der Waals surface area contributed by atoms with E-state index in [0.717, 1.165) is 22.6 Å². The second kappa shape index (κ2) is 6.69. The van der Waals surface area contributed by atoms with E-state index in [4.69, 9.17) is 10.2 Å². The molecule has 3 aromatic heterocycles. The van der Waals surface area contributed by atoms with Gasteiger partial charge in [0.05, 0.1) is 29.0 Å². The molecule has 0 aliphatic heterocycles. The molecule has 0 radical (unpaired) electrons. The Balaban J connectivity index is 1.67. The summed E-state index contributed by atoms with van der Waals surface area (Å²) in [5.41, 5.74) is 4.39. The van der Waals surface area contributed by atoms with Gasteiger partial charge in [-0.1, -0.05) is 36.4 Å². The number of aromatic nitrogens is 3. The number of benzene rings is 1. The summed E-state index contributed by atoms with van der Waals surface area (Å²) in [5, 5.41) is 16.9. The fraction of sp³-hybridized carbons (Fsp3) is 0.0952. The SMILES string of the molecule is C[C@H](Nc1cccc(-c2cnn3ccc(C#N)cc23)n1)c1ccccc1. The van der Waals surface area contributed by atoms with Crippen LogP contribution in [0.3, 0.4) is 0 Å². The minimum Gasteiger partial charge on any atom is -0.364 e. The third kappa shape index (κ3) is 3.01. The lowest BCUT2D eigenvalue weighted by molar-refractivity contribution is 0.875. The lowest BCUT2D eigenvalue weighted by Gasteiger charge is -2.15. The highest BCUT2D eigenvalue weighted by atomic mass is 15.2. The van der Waals surface area contributed by atoms with Crippen molar-refractivity contribution in [1.29, 1.82) is 5.26 Å². The summed E-state index contributed by atoms with van der Waals surface area (Å²) < 4.78 is 1.75. The fourth-order valence-electron chi connectivity index (χ4n) is 2.96. The maximum absolute atomic E-state index is 9.14. The standard InChI is InChI=1S/C21H17N5/c1-15(17-6-3-2-4-7-17)24-21-9-5-8-19(25-21)18-14-23-26-11-10-16(13-22)12-20(18)26/h2-12,14-15H,1H3,(H,24,25)/t15-/m0/s1. The summed E-state index contributed by atoms with van der Waals surface area (Å²) >= 11 is 0. The topological polar surface area (TPSA) is 66.0 Å². The van der Waals surface area contributed by atoms with Crippen LogP contribution in [0.4, 0.5) is 5.82 Å². The molecule has 1 aromatic carbocycles. The van der Waals surface area contributed by atoms with Crippen molar-refractivity contribution in [3.63, 3.8) is 0 Å². The second-order valence-electron chi connectivity index (χ2n) is 6.10. The van der Waals surface area contributed by atoms with Crippen LogP contribution >= 0.6 is 0 Å². The normalized spacial score (nSPS) is 11.8. The predicted octanol–water partition coefficient (Wildman–Crippen LogP) is 4.44. The Bertz CT molecular complexity index is 1090. The van der Waals surface area contributed by atoms with Gasteiger partial charge in [-0.2, -0.15) is 10.4 Å². The van der Waals surface area contributed by atoms with E-state index in [2.05, 4.69) is 35.5 Å². The molecule has 1 N–H and O–H groups in total. The molecule has 3 heterocycles. The molecule has 4 rings (SSSR count). The van der Waals surface area contributed by atoms with Gasteiger partial charge < -0.3 is 5.32 Å². The van der Waals surface area contributed by atoms with Crippen LogP contribution in [0.5, 0.6) is 0 Å². The van der Waals surface area contributed by atoms with E-state index < -0.39 is 0 Å². The first kappa shape index (κ1) is 15.9. The van der Waals surface area contributed by atoms with Crippen LogP contribution in [0.1, 0.15) is 24.1 Å². The lowest BCUT2D eigenvalue weighted by atomic mass is 10.1. The van der Waals surface area contributed by atoms with Gasteiger partial charge in [0.25, 0.3) is 0 Å². The number of pyridine rings is 2. The van der Waals surface area contributed by atoms with E-state index in [1.807, 2.05) is 42.5 Å². The third-order valence-corrected chi connectivity index (χ3v) is 4.34. The fourth-order valence-corrected chi connectivity index (χ4v) is 2.96. The zero-order valence-electron chi connectivity index (χ0n) is 14.3. The molecular formula is C21H17N5. The van der Waals surface area contributed by atoms with Crippen LogP contribution < -0.4 is 5.32 Å². The molecule has 0 saturated carbocycles. The predicted molar refractivity (Wildman–Crippen MR) is 102 cm³/mol. The van der Waals surface area contributed by atoms with Gasteiger partial charge in [-0.15, -0.1) is 0 Å². The molecule has 0 saturated heterocycles. The summed E-state index contributed by atoms with van der Waals surface area (Å²) in [6.07, 6.45) is 3.57. The average molecular weight is 339 g/mol. The molecular weight excluding hydrogens is 322 g/mol. The van der Waals surface area contributed by atoms with Crippen LogP contribution in [0.25, 0.3) is 16.8 Å². The molecule has 0 aliphatic rings. The Morgan fingerprint density at radius 2 is 1.92 bits per heavy atom. The molecule has 4 aromatic rings. The van der Waals surface area contributed by atoms with E-state index in [9.17, 15) is 0 Å². The van der Waals surface area contributed by atoms with Crippen LogP contribution in [0, 0.1) is 11.3 Å². The summed E-state index contributed by atoms with van der Waals surface area (Å²) in [4.78, 5) is 4.74. The molecule has 0 spiro atoms. The summed E-state index contributed by atoms with van der Waals surface area (Å²) in [6.45, 7) is 2.11. The van der Waals surface area contributed by atoms with Gasteiger partial charge in [-0.3, -0.25) is 0 Å². The summed E-state index contributed by atoms with van der Waals surface area (Å²) in [5.74, 6) is 0.801. The Labute approximate surface area is 151 Å². The zero-order valence-corrected chi connectivity index (χ0v) is 14.3. The van der Waals surface area contributed by atoms with Crippen LogP contribution in [-0.2, 0) is 0 Å². The number of nitrogens with zero attached hydrogens (tertiary/aromatic N) is 4. The van der Waals surface area contributed by atoms with Crippen LogP contribution in [0.15, 0.2) is 73.1 Å². The molecule has 0 aliphatic carbocycles. The first-order valence-corrected chi connectivity index (χ1v) is 8.41. The number of hydrogen-bond donors (Lipinski definition) is 1. The molecule has 0 bridgehead atoms. The monoisotopic (exact) mass is 339 g/mol. The van der Waals surface area contributed by atoms with E-state index in [1.165, 1.54) is 5.56 Å². The number of fused-ring (bicyclic) bond motifs is 1. The molecule has 26 heavy (non-hydrogen) atoms. The van der Waals surface area contributed by atoms with Crippen molar-refractivity contribution < 1.29 is 0 Å². The third-order valence-electron chi connectivity index (χ3n) is 4.34. The first-order valence-electron chi connectivity index (χ1n) is 8.41. The van der Waals surface area contributed by atoms with Gasteiger partial charge in [0.15, 0.2) is 0 Å². The highest BCUT2D eigenvalue weighted by Gasteiger charge is 2.11. The number of nitrogens with one attached hydrogen (secondary N) is 1. The summed E-state index contributed by atoms with van der Waals surface area (Å²) in [6, 6.07) is 22.0. The highest BCUT2D eigenvalue weighted by molar-refractivity contribution is 5.79. The molecule has 5 heteroatoms. The largest absolute Gasteiger partial charge is 0.364 e. The Hall–Kier alpha value is -3.65. The van der Waals surface area contributed by atoms with Gasteiger partial charge in [0.2, 0.25) is 0 Å².